The van der Waals surface area contributed by atoms with Crippen LogP contribution in [0.3, 0.4) is 0 Å². The van der Waals surface area contributed by atoms with E-state index < -0.39 is 32.5 Å². The van der Waals surface area contributed by atoms with Gasteiger partial charge in [-0.15, -0.1) is 0 Å². The molecule has 0 radical (unpaired) electrons. The van der Waals surface area contributed by atoms with Crippen LogP contribution >= 0.6 is 11.6 Å². The van der Waals surface area contributed by atoms with Crippen molar-refractivity contribution in [1.29, 1.82) is 0 Å². The van der Waals surface area contributed by atoms with E-state index in [2.05, 4.69) is 4.98 Å². The van der Waals surface area contributed by atoms with Gasteiger partial charge in [0, 0.05) is 13.2 Å². The van der Waals surface area contributed by atoms with Crippen molar-refractivity contribution in [2.24, 2.45) is 7.05 Å². The fourth-order valence-corrected chi connectivity index (χ4v) is 4.00. The Kier molecular flexibility index (Phi) is 5.58. The van der Waals surface area contributed by atoms with Crippen molar-refractivity contribution in [3.63, 3.8) is 0 Å². The third kappa shape index (κ3) is 4.08. The second-order valence-electron chi connectivity index (χ2n) is 5.89. The van der Waals surface area contributed by atoms with Crippen molar-refractivity contribution in [2.45, 2.75) is 4.90 Å². The molecule has 0 saturated heterocycles. The predicted octanol–water partition coefficient (Wildman–Crippen LogP) is 3.15. The summed E-state index contributed by atoms with van der Waals surface area (Å²) in [6, 6.07) is 6.90. The quantitative estimate of drug-likeness (QED) is 0.657. The molecule has 0 aliphatic carbocycles. The lowest BCUT2D eigenvalue weighted by atomic mass is 10.2. The lowest BCUT2D eigenvalue weighted by Crippen LogP contribution is -2.31. The molecule has 2 aromatic carbocycles. The largest absolute Gasteiger partial charge is 0.495 e. The Morgan fingerprint density at radius 3 is 2.62 bits per heavy atom. The van der Waals surface area contributed by atoms with Crippen LogP contribution < -0.4 is 9.46 Å². The molecule has 0 aliphatic rings. The number of methoxy groups -OCH3 is 1. The van der Waals surface area contributed by atoms with Gasteiger partial charge < -0.3 is 9.30 Å². The van der Waals surface area contributed by atoms with Gasteiger partial charge in [-0.25, -0.2) is 26.9 Å². The molecule has 0 unspecified atom stereocenters. The SMILES string of the molecule is COc1ccc(F)cc1S(=O)(=O)NC(=O)c1cn(C)c(-c2c(F)cccc2Cl)n1. The zero-order chi connectivity index (χ0) is 21.3. The number of hydrogen-bond donors (Lipinski definition) is 1. The Bertz CT molecular complexity index is 1190. The average molecular weight is 442 g/mol. The molecule has 3 rings (SSSR count). The zero-order valence-electron chi connectivity index (χ0n) is 15.1. The van der Waals surface area contributed by atoms with Crippen LogP contribution in [0.2, 0.25) is 5.02 Å². The molecule has 29 heavy (non-hydrogen) atoms. The maximum atomic E-state index is 14.2. The number of carbonyl (C=O) groups is 1. The van der Waals surface area contributed by atoms with E-state index in [9.17, 15) is 22.0 Å². The minimum absolute atomic E-state index is 0.0268. The van der Waals surface area contributed by atoms with E-state index in [4.69, 9.17) is 16.3 Å². The first-order valence-electron chi connectivity index (χ1n) is 8.02. The number of halogens is 3. The molecule has 1 heterocycles. The van der Waals surface area contributed by atoms with Gasteiger partial charge in [-0.05, 0) is 30.3 Å². The van der Waals surface area contributed by atoms with E-state index in [1.807, 2.05) is 0 Å². The van der Waals surface area contributed by atoms with Crippen LogP contribution in [0.25, 0.3) is 11.4 Å². The monoisotopic (exact) mass is 441 g/mol. The maximum absolute atomic E-state index is 14.2. The van der Waals surface area contributed by atoms with E-state index in [1.54, 1.807) is 4.72 Å². The minimum Gasteiger partial charge on any atom is -0.495 e. The summed E-state index contributed by atoms with van der Waals surface area (Å²) >= 11 is 6.02. The highest BCUT2D eigenvalue weighted by atomic mass is 35.5. The number of aromatic nitrogens is 2. The van der Waals surface area contributed by atoms with Gasteiger partial charge in [-0.3, -0.25) is 4.79 Å². The summed E-state index contributed by atoms with van der Waals surface area (Å²) in [7, 11) is -1.77. The van der Waals surface area contributed by atoms with Gasteiger partial charge in [0.2, 0.25) is 0 Å². The number of imidazole rings is 1. The smallest absolute Gasteiger partial charge is 0.285 e. The first-order chi connectivity index (χ1) is 13.6. The molecule has 0 atom stereocenters. The number of ether oxygens (including phenoxy) is 1. The molecule has 3 aromatic rings. The standard InChI is InChI=1S/C18H14ClF2N3O4S/c1-24-9-13(22-17(24)16-11(19)4-3-5-12(16)21)18(25)23-29(26,27)15-8-10(20)6-7-14(15)28-2/h3-9H,1-2H3,(H,23,25). The normalized spacial score (nSPS) is 11.3. The van der Waals surface area contributed by atoms with Gasteiger partial charge in [0.15, 0.2) is 0 Å². The molecule has 0 fully saturated rings. The van der Waals surface area contributed by atoms with Crippen molar-refractivity contribution in [1.82, 2.24) is 14.3 Å². The molecule has 7 nitrogen and oxygen atoms in total. The van der Waals surface area contributed by atoms with Crippen LogP contribution in [-0.2, 0) is 17.1 Å². The predicted molar refractivity (Wildman–Crippen MR) is 101 cm³/mol. The van der Waals surface area contributed by atoms with Gasteiger partial charge in [0.1, 0.15) is 33.8 Å². The molecule has 1 N–H and O–H groups in total. The fourth-order valence-electron chi connectivity index (χ4n) is 2.61. The van der Waals surface area contributed by atoms with Crippen LogP contribution in [0.5, 0.6) is 5.75 Å². The van der Waals surface area contributed by atoms with E-state index in [0.717, 1.165) is 18.2 Å². The van der Waals surface area contributed by atoms with Crippen molar-refractivity contribution < 1.29 is 26.7 Å². The Hall–Kier alpha value is -2.98. The summed E-state index contributed by atoms with van der Waals surface area (Å²) in [5, 5.41) is 0.0720. The molecule has 0 bridgehead atoms. The first kappa shape index (κ1) is 20.7. The van der Waals surface area contributed by atoms with Crippen molar-refractivity contribution >= 4 is 27.5 Å². The molecule has 152 valence electrons. The van der Waals surface area contributed by atoms with Crippen molar-refractivity contribution in [3.05, 3.63) is 64.9 Å². The Morgan fingerprint density at radius 2 is 1.97 bits per heavy atom. The molecular weight excluding hydrogens is 428 g/mol. The van der Waals surface area contributed by atoms with E-state index in [0.29, 0.717) is 0 Å². The summed E-state index contributed by atoms with van der Waals surface area (Å²) in [6.07, 6.45) is 1.21. The third-order valence-electron chi connectivity index (χ3n) is 3.94. The summed E-state index contributed by atoms with van der Waals surface area (Å²) in [5.74, 6) is -2.70. The molecule has 0 aliphatic heterocycles. The second-order valence-corrected chi connectivity index (χ2v) is 7.95. The average Bonchev–Trinajstić information content (AvgIpc) is 3.03. The molecule has 0 spiro atoms. The van der Waals surface area contributed by atoms with Gasteiger partial charge in [0.05, 0.1) is 17.7 Å². The molecule has 1 aromatic heterocycles. The summed E-state index contributed by atoms with van der Waals surface area (Å²) < 4.78 is 60.7. The van der Waals surface area contributed by atoms with Crippen LogP contribution in [0.1, 0.15) is 10.5 Å². The van der Waals surface area contributed by atoms with Crippen LogP contribution in [0.15, 0.2) is 47.5 Å². The summed E-state index contributed by atoms with van der Waals surface area (Å²) in [4.78, 5) is 15.9. The number of rotatable bonds is 5. The van der Waals surface area contributed by atoms with Crippen LogP contribution in [-0.4, -0.2) is 31.0 Å². The maximum Gasteiger partial charge on any atom is 0.285 e. The molecule has 1 amide bonds. The number of carbonyl (C=O) groups excluding carboxylic acids is 1. The molecule has 0 saturated carbocycles. The van der Waals surface area contributed by atoms with Crippen molar-refractivity contribution in [2.75, 3.05) is 7.11 Å². The zero-order valence-corrected chi connectivity index (χ0v) is 16.7. The lowest BCUT2D eigenvalue weighted by molar-refractivity contribution is 0.0977. The number of aryl methyl sites for hydroxylation is 1. The lowest BCUT2D eigenvalue weighted by Gasteiger charge is -2.10. The van der Waals surface area contributed by atoms with Crippen LogP contribution in [0.4, 0.5) is 8.78 Å². The highest BCUT2D eigenvalue weighted by Crippen LogP contribution is 2.30. The molecular formula is C18H14ClF2N3O4S. The topological polar surface area (TPSA) is 90.3 Å². The highest BCUT2D eigenvalue weighted by molar-refractivity contribution is 7.90. The number of nitrogens with zero attached hydrogens (tertiary/aromatic N) is 2. The summed E-state index contributed by atoms with van der Waals surface area (Å²) in [6.45, 7) is 0. The van der Waals surface area contributed by atoms with Gasteiger partial charge in [0.25, 0.3) is 15.9 Å². The number of nitrogens with one attached hydrogen (secondary N) is 1. The van der Waals surface area contributed by atoms with Gasteiger partial charge in [-0.1, -0.05) is 17.7 Å². The van der Waals surface area contributed by atoms with E-state index >= 15 is 0 Å². The number of hydrogen-bond acceptors (Lipinski definition) is 5. The Labute approximate surface area is 169 Å². The van der Waals surface area contributed by atoms with Crippen molar-refractivity contribution in [3.8, 4) is 17.1 Å². The summed E-state index contributed by atoms with van der Waals surface area (Å²) in [5.41, 5.74) is -0.342. The Balaban J connectivity index is 1.96. The van der Waals surface area contributed by atoms with E-state index in [-0.39, 0.29) is 27.9 Å². The number of amides is 1. The van der Waals surface area contributed by atoms with Crippen LogP contribution in [0, 0.1) is 11.6 Å². The van der Waals surface area contributed by atoms with Gasteiger partial charge in [-0.2, -0.15) is 0 Å². The third-order valence-corrected chi connectivity index (χ3v) is 5.60. The number of sulfonamides is 1. The van der Waals surface area contributed by atoms with Gasteiger partial charge >= 0.3 is 0 Å². The highest BCUT2D eigenvalue weighted by Gasteiger charge is 2.26. The minimum atomic E-state index is -4.47. The fraction of sp³-hybridized carbons (Fsp3) is 0.111. The second kappa shape index (κ2) is 7.80. The van der Waals surface area contributed by atoms with E-state index in [1.165, 1.54) is 43.1 Å². The Morgan fingerprint density at radius 1 is 1.24 bits per heavy atom. The first-order valence-corrected chi connectivity index (χ1v) is 9.88. The molecule has 11 heteroatoms. The number of benzene rings is 2.